The largest absolute Gasteiger partial charge is 0.300 e. The van der Waals surface area contributed by atoms with Crippen LogP contribution >= 0.6 is 11.9 Å². The van der Waals surface area contributed by atoms with Gasteiger partial charge in [-0.25, -0.2) is 4.39 Å². The van der Waals surface area contributed by atoms with Gasteiger partial charge in [0.2, 0.25) is 5.91 Å². The van der Waals surface area contributed by atoms with Crippen molar-refractivity contribution in [2.75, 3.05) is 0 Å². The Labute approximate surface area is 104 Å². The lowest BCUT2D eigenvalue weighted by Gasteiger charge is -2.05. The van der Waals surface area contributed by atoms with Crippen LogP contribution in [-0.2, 0) is 16.0 Å². The normalized spacial score (nSPS) is 10.1. The molecule has 1 rings (SSSR count). The van der Waals surface area contributed by atoms with Crippen LogP contribution in [0.2, 0.25) is 0 Å². The van der Waals surface area contributed by atoms with E-state index < -0.39 is 0 Å². The number of halogens is 1. The van der Waals surface area contributed by atoms with Crippen molar-refractivity contribution >= 4 is 23.6 Å². The van der Waals surface area contributed by atoms with Gasteiger partial charge in [-0.05, 0) is 49.1 Å². The first-order valence-corrected chi connectivity index (χ1v) is 6.01. The van der Waals surface area contributed by atoms with Crippen molar-refractivity contribution in [2.45, 2.75) is 31.6 Å². The summed E-state index contributed by atoms with van der Waals surface area (Å²) < 4.78 is 15.8. The van der Waals surface area contributed by atoms with Crippen LogP contribution in [0.1, 0.15) is 25.8 Å². The Hall–Kier alpha value is -1.36. The Kier molecular flexibility index (Phi) is 5.15. The number of hydrogen-bond acceptors (Lipinski definition) is 3. The number of rotatable bonds is 5. The number of aryl methyl sites for hydroxylation is 1. The summed E-state index contributed by atoms with van der Waals surface area (Å²) in [4.78, 5) is 22.2. The van der Waals surface area contributed by atoms with Crippen LogP contribution in [-0.4, -0.2) is 11.7 Å². The number of nitrogens with one attached hydrogen (secondary N) is 1. The summed E-state index contributed by atoms with van der Waals surface area (Å²) in [5, 5.41) is 0. The fourth-order valence-electron chi connectivity index (χ4n) is 1.28. The number of Topliss-reactive ketones (excluding diaryl/α,β-unsaturated/α-hetero) is 1. The van der Waals surface area contributed by atoms with Crippen LogP contribution in [0.5, 0.6) is 0 Å². The summed E-state index contributed by atoms with van der Waals surface area (Å²) in [7, 11) is 0. The molecule has 0 aliphatic rings. The molecule has 0 aromatic heterocycles. The van der Waals surface area contributed by atoms with Crippen molar-refractivity contribution < 1.29 is 14.0 Å². The fourth-order valence-corrected chi connectivity index (χ4v) is 1.92. The molecule has 0 radical (unpaired) electrons. The van der Waals surface area contributed by atoms with Gasteiger partial charge >= 0.3 is 0 Å². The molecule has 0 aliphatic heterocycles. The highest BCUT2D eigenvalue weighted by atomic mass is 32.2. The predicted molar refractivity (Wildman–Crippen MR) is 65.1 cm³/mol. The highest BCUT2D eigenvalue weighted by Gasteiger charge is 2.04. The highest BCUT2D eigenvalue weighted by molar-refractivity contribution is 7.98. The van der Waals surface area contributed by atoms with Gasteiger partial charge in [-0.2, -0.15) is 0 Å². The minimum absolute atomic E-state index is 0.0744. The van der Waals surface area contributed by atoms with Crippen molar-refractivity contribution in [3.05, 3.63) is 29.6 Å². The maximum atomic E-state index is 13.3. The van der Waals surface area contributed by atoms with Gasteiger partial charge in [0.15, 0.2) is 0 Å². The molecule has 0 fully saturated rings. The van der Waals surface area contributed by atoms with E-state index in [2.05, 4.69) is 4.72 Å². The monoisotopic (exact) mass is 255 g/mol. The van der Waals surface area contributed by atoms with E-state index in [0.717, 1.165) is 17.5 Å². The Balaban J connectivity index is 2.71. The van der Waals surface area contributed by atoms with Crippen LogP contribution in [0.3, 0.4) is 0 Å². The van der Waals surface area contributed by atoms with Crippen molar-refractivity contribution in [1.82, 2.24) is 4.72 Å². The molecular formula is C12H14FNO2S. The number of ketones is 1. The molecular weight excluding hydrogens is 241 g/mol. The minimum atomic E-state index is -0.362. The van der Waals surface area contributed by atoms with E-state index in [1.807, 2.05) is 0 Å². The van der Waals surface area contributed by atoms with E-state index in [1.165, 1.54) is 26.0 Å². The molecule has 1 aromatic carbocycles. The molecule has 0 aliphatic carbocycles. The van der Waals surface area contributed by atoms with Gasteiger partial charge in [-0.15, -0.1) is 0 Å². The maximum Gasteiger partial charge on any atom is 0.226 e. The van der Waals surface area contributed by atoms with E-state index in [-0.39, 0.29) is 17.5 Å². The zero-order valence-electron chi connectivity index (χ0n) is 9.75. The van der Waals surface area contributed by atoms with Crippen molar-refractivity contribution in [1.29, 1.82) is 0 Å². The van der Waals surface area contributed by atoms with Crippen molar-refractivity contribution in [3.63, 3.8) is 0 Å². The van der Waals surface area contributed by atoms with Gasteiger partial charge in [-0.1, -0.05) is 0 Å². The second-order valence-electron chi connectivity index (χ2n) is 3.76. The molecule has 0 bridgehead atoms. The third kappa shape index (κ3) is 5.49. The lowest BCUT2D eigenvalue weighted by Crippen LogP contribution is -2.09. The lowest BCUT2D eigenvalue weighted by molar-refractivity contribution is -0.117. The van der Waals surface area contributed by atoms with E-state index in [0.29, 0.717) is 17.7 Å². The molecule has 0 heterocycles. The Morgan fingerprint density at radius 3 is 2.59 bits per heavy atom. The first kappa shape index (κ1) is 13.7. The highest BCUT2D eigenvalue weighted by Crippen LogP contribution is 2.19. The van der Waals surface area contributed by atoms with Gasteiger partial charge in [0.05, 0.1) is 0 Å². The van der Waals surface area contributed by atoms with Crippen LogP contribution in [0.4, 0.5) is 4.39 Å². The quantitative estimate of drug-likeness (QED) is 0.822. The summed E-state index contributed by atoms with van der Waals surface area (Å²) in [5.74, 6) is -0.478. The smallest absolute Gasteiger partial charge is 0.226 e. The van der Waals surface area contributed by atoms with Gasteiger partial charge in [-0.3, -0.25) is 9.52 Å². The van der Waals surface area contributed by atoms with Crippen LogP contribution in [0, 0.1) is 5.82 Å². The zero-order chi connectivity index (χ0) is 12.8. The number of amides is 1. The van der Waals surface area contributed by atoms with Crippen molar-refractivity contribution in [2.24, 2.45) is 0 Å². The van der Waals surface area contributed by atoms with Gasteiger partial charge in [0, 0.05) is 18.2 Å². The summed E-state index contributed by atoms with van der Waals surface area (Å²) >= 11 is 1.07. The number of hydrogen-bond donors (Lipinski definition) is 1. The van der Waals surface area contributed by atoms with Gasteiger partial charge in [0.1, 0.15) is 11.6 Å². The molecule has 17 heavy (non-hydrogen) atoms. The number of carbonyl (C=O) groups excluding carboxylic acids is 2. The molecule has 3 nitrogen and oxygen atoms in total. The first-order valence-electron chi connectivity index (χ1n) is 5.19. The van der Waals surface area contributed by atoms with Gasteiger partial charge in [0.25, 0.3) is 0 Å². The summed E-state index contributed by atoms with van der Waals surface area (Å²) in [6, 6.07) is 4.52. The van der Waals surface area contributed by atoms with E-state index in [1.54, 1.807) is 6.07 Å². The first-order chi connectivity index (χ1) is 7.97. The number of benzene rings is 1. The Morgan fingerprint density at radius 1 is 1.29 bits per heavy atom. The second kappa shape index (κ2) is 6.39. The third-order valence-corrected chi connectivity index (χ3v) is 2.87. The number of carbonyl (C=O) groups is 2. The molecule has 5 heteroatoms. The summed E-state index contributed by atoms with van der Waals surface area (Å²) in [5.41, 5.74) is 0.757. The van der Waals surface area contributed by atoms with Crippen LogP contribution < -0.4 is 4.72 Å². The maximum absolute atomic E-state index is 13.3. The molecule has 1 N–H and O–H groups in total. The lowest BCUT2D eigenvalue weighted by atomic mass is 10.1. The minimum Gasteiger partial charge on any atom is -0.300 e. The second-order valence-corrected chi connectivity index (χ2v) is 4.64. The Bertz CT molecular complexity index is 398. The van der Waals surface area contributed by atoms with E-state index in [4.69, 9.17) is 0 Å². The summed E-state index contributed by atoms with van der Waals surface area (Å²) in [6.45, 7) is 2.90. The SMILES string of the molecule is CC(=O)CCc1cc(F)cc(SNC(C)=O)c1. The molecule has 0 spiro atoms. The molecule has 0 saturated heterocycles. The molecule has 1 aromatic rings. The molecule has 0 unspecified atom stereocenters. The Morgan fingerprint density at radius 2 is 2.00 bits per heavy atom. The molecule has 92 valence electrons. The molecule has 0 saturated carbocycles. The fraction of sp³-hybridized carbons (Fsp3) is 0.333. The van der Waals surface area contributed by atoms with E-state index in [9.17, 15) is 14.0 Å². The third-order valence-electron chi connectivity index (χ3n) is 2.01. The molecule has 1 amide bonds. The standard InChI is InChI=1S/C12H14FNO2S/c1-8(15)3-4-10-5-11(13)7-12(6-10)17-14-9(2)16/h5-7H,3-4H2,1-2H3,(H,14,16). The predicted octanol–water partition coefficient (Wildman–Crippen LogP) is 2.49. The average molecular weight is 255 g/mol. The zero-order valence-corrected chi connectivity index (χ0v) is 10.6. The van der Waals surface area contributed by atoms with Gasteiger partial charge < -0.3 is 4.79 Å². The van der Waals surface area contributed by atoms with Crippen LogP contribution in [0.25, 0.3) is 0 Å². The van der Waals surface area contributed by atoms with Crippen LogP contribution in [0.15, 0.2) is 23.1 Å². The van der Waals surface area contributed by atoms with Crippen molar-refractivity contribution in [3.8, 4) is 0 Å². The topological polar surface area (TPSA) is 46.2 Å². The van der Waals surface area contributed by atoms with E-state index >= 15 is 0 Å². The molecule has 0 atom stereocenters. The summed E-state index contributed by atoms with van der Waals surface area (Å²) in [6.07, 6.45) is 0.911. The average Bonchev–Trinajstić information content (AvgIpc) is 2.23.